The van der Waals surface area contributed by atoms with E-state index in [1.165, 1.54) is 11.8 Å². The molecular formula is C18H21F2N4O4-. The number of nitrogens with one attached hydrogen (secondary N) is 1. The molecule has 0 radical (unpaired) electrons. The zero-order chi connectivity index (χ0) is 20.1. The molecule has 0 bridgehead atoms. The van der Waals surface area contributed by atoms with Gasteiger partial charge < -0.3 is 24.9 Å². The number of hydrogen-bond donors (Lipinski definition) is 1. The van der Waals surface area contributed by atoms with Crippen LogP contribution in [0, 0.1) is 11.8 Å². The number of carboxylic acids is 1. The van der Waals surface area contributed by atoms with Gasteiger partial charge in [-0.05, 0) is 44.4 Å². The Kier molecular flexibility index (Phi) is 4.39. The second kappa shape index (κ2) is 6.52. The third kappa shape index (κ3) is 3.72. The number of rotatable bonds is 8. The standard InChI is InChI=1S/C18H22F2N4O4/c1-17(16(26)27,11-4-5-11)23-14(25)12-6-21-13(24-8-18(19,20)9-24)15(22-12)28-7-10-2-3-10/h6,10-11H,2-5,7-9H2,1H3,(H,23,25)(H,26,27)/p-1. The molecule has 1 aromatic rings. The van der Waals surface area contributed by atoms with E-state index in [1.807, 2.05) is 0 Å². The Hall–Kier alpha value is -2.52. The summed E-state index contributed by atoms with van der Waals surface area (Å²) in [7, 11) is 0. The van der Waals surface area contributed by atoms with E-state index in [9.17, 15) is 23.5 Å². The third-order valence-electron chi connectivity index (χ3n) is 5.44. The fraction of sp³-hybridized carbons (Fsp3) is 0.667. The Balaban J connectivity index is 1.54. The third-order valence-corrected chi connectivity index (χ3v) is 5.44. The number of hydrogen-bond acceptors (Lipinski definition) is 7. The number of carbonyl (C=O) groups is 2. The topological polar surface area (TPSA) is 107 Å². The quantitative estimate of drug-likeness (QED) is 0.678. The molecule has 2 aliphatic carbocycles. The van der Waals surface area contributed by atoms with Gasteiger partial charge >= 0.3 is 0 Å². The second-order valence-corrected chi connectivity index (χ2v) is 8.07. The summed E-state index contributed by atoms with van der Waals surface area (Å²) < 4.78 is 32.1. The van der Waals surface area contributed by atoms with Gasteiger partial charge in [0.05, 0.1) is 37.4 Å². The normalized spacial score (nSPS) is 22.8. The Morgan fingerprint density at radius 1 is 1.36 bits per heavy atom. The molecule has 1 aliphatic heterocycles. The lowest BCUT2D eigenvalue weighted by Crippen LogP contribution is -2.59. The number of carboxylic acid groups (broad SMARTS) is 1. The van der Waals surface area contributed by atoms with Crippen molar-refractivity contribution in [1.29, 1.82) is 0 Å². The number of carbonyl (C=O) groups excluding carboxylic acids is 2. The fourth-order valence-electron chi connectivity index (χ4n) is 3.21. The van der Waals surface area contributed by atoms with Crippen molar-refractivity contribution in [3.8, 4) is 5.88 Å². The van der Waals surface area contributed by atoms with E-state index >= 15 is 0 Å². The van der Waals surface area contributed by atoms with Crippen molar-refractivity contribution in [3.05, 3.63) is 11.9 Å². The van der Waals surface area contributed by atoms with Crippen LogP contribution < -0.4 is 20.1 Å². The summed E-state index contributed by atoms with van der Waals surface area (Å²) in [6.45, 7) is 0.803. The van der Waals surface area contributed by atoms with Crippen molar-refractivity contribution >= 4 is 17.7 Å². The Labute approximate surface area is 160 Å². The van der Waals surface area contributed by atoms with Crippen LogP contribution in [0.2, 0.25) is 0 Å². The van der Waals surface area contributed by atoms with Gasteiger partial charge in [-0.15, -0.1) is 0 Å². The molecule has 4 rings (SSSR count). The number of alkyl halides is 2. The van der Waals surface area contributed by atoms with Crippen LogP contribution >= 0.6 is 0 Å². The Morgan fingerprint density at radius 3 is 2.57 bits per heavy atom. The summed E-state index contributed by atoms with van der Waals surface area (Å²) in [5, 5.41) is 14.0. The predicted molar refractivity (Wildman–Crippen MR) is 91.0 cm³/mol. The van der Waals surface area contributed by atoms with Crippen molar-refractivity contribution in [2.24, 2.45) is 11.8 Å². The van der Waals surface area contributed by atoms with Crippen molar-refractivity contribution < 1.29 is 28.2 Å². The molecule has 2 saturated carbocycles. The SMILES string of the molecule is CC(NC(=O)c1cnc(N2CC(F)(F)C2)c(OCC2CC2)n1)(C(=O)[O-])C1CC1. The Morgan fingerprint density at radius 2 is 2.04 bits per heavy atom. The minimum atomic E-state index is -2.79. The van der Waals surface area contributed by atoms with Crippen molar-refractivity contribution in [1.82, 2.24) is 15.3 Å². The van der Waals surface area contributed by atoms with Crippen LogP contribution in [0.25, 0.3) is 0 Å². The first-order chi connectivity index (χ1) is 13.2. The minimum Gasteiger partial charge on any atom is -0.548 e. The fourth-order valence-corrected chi connectivity index (χ4v) is 3.21. The maximum absolute atomic E-state index is 13.2. The van der Waals surface area contributed by atoms with Gasteiger partial charge in [-0.3, -0.25) is 4.79 Å². The molecule has 10 heteroatoms. The predicted octanol–water partition coefficient (Wildman–Crippen LogP) is 0.369. The lowest BCUT2D eigenvalue weighted by Gasteiger charge is -2.39. The summed E-state index contributed by atoms with van der Waals surface area (Å²) in [6.07, 6.45) is 4.57. The number of aliphatic carboxylic acids is 1. The maximum Gasteiger partial charge on any atom is 0.282 e. The molecule has 0 spiro atoms. The minimum absolute atomic E-state index is 0.0108. The number of aromatic nitrogens is 2. The molecule has 1 unspecified atom stereocenters. The number of ether oxygens (including phenoxy) is 1. The number of amides is 1. The molecule has 3 aliphatic rings. The van der Waals surface area contributed by atoms with Crippen LogP contribution in [-0.2, 0) is 4.79 Å². The highest BCUT2D eigenvalue weighted by Gasteiger charge is 2.46. The van der Waals surface area contributed by atoms with Gasteiger partial charge in [0.25, 0.3) is 17.7 Å². The van der Waals surface area contributed by atoms with E-state index < -0.39 is 36.4 Å². The van der Waals surface area contributed by atoms with Crippen molar-refractivity contribution in [3.63, 3.8) is 0 Å². The number of nitrogens with zero attached hydrogens (tertiary/aromatic N) is 3. The van der Waals surface area contributed by atoms with Gasteiger partial charge in [0.2, 0.25) is 0 Å². The van der Waals surface area contributed by atoms with Gasteiger partial charge in [0.15, 0.2) is 11.5 Å². The molecule has 1 amide bonds. The summed E-state index contributed by atoms with van der Waals surface area (Å²) in [5.74, 6) is -4.50. The summed E-state index contributed by atoms with van der Waals surface area (Å²) in [6, 6.07) is 0. The van der Waals surface area contributed by atoms with E-state index in [0.29, 0.717) is 25.4 Å². The molecule has 0 aromatic carbocycles. The lowest BCUT2D eigenvalue weighted by atomic mass is 9.96. The van der Waals surface area contributed by atoms with Crippen LogP contribution in [0.4, 0.5) is 14.6 Å². The van der Waals surface area contributed by atoms with E-state index in [2.05, 4.69) is 15.3 Å². The summed E-state index contributed by atoms with van der Waals surface area (Å²) >= 11 is 0. The molecular weight excluding hydrogens is 374 g/mol. The van der Waals surface area contributed by atoms with Gasteiger partial charge in [-0.1, -0.05) is 0 Å². The average Bonchev–Trinajstić information content (AvgIpc) is 3.50. The molecule has 1 aromatic heterocycles. The van der Waals surface area contributed by atoms with Crippen LogP contribution in [0.15, 0.2) is 6.20 Å². The highest BCUT2D eigenvalue weighted by molar-refractivity contribution is 5.96. The molecule has 28 heavy (non-hydrogen) atoms. The molecule has 3 fully saturated rings. The number of halogens is 2. The van der Waals surface area contributed by atoms with Gasteiger partial charge in [0.1, 0.15) is 0 Å². The van der Waals surface area contributed by atoms with Crippen LogP contribution in [0.3, 0.4) is 0 Å². The highest BCUT2D eigenvalue weighted by Crippen LogP contribution is 2.40. The Bertz CT molecular complexity index is 805. The largest absolute Gasteiger partial charge is 0.548 e. The number of anilines is 1. The van der Waals surface area contributed by atoms with Gasteiger partial charge in [-0.2, -0.15) is 0 Å². The second-order valence-electron chi connectivity index (χ2n) is 8.07. The summed E-state index contributed by atoms with van der Waals surface area (Å²) in [5.41, 5.74) is -1.62. The van der Waals surface area contributed by atoms with E-state index in [1.54, 1.807) is 0 Å². The highest BCUT2D eigenvalue weighted by atomic mass is 19.3. The first-order valence-electron chi connectivity index (χ1n) is 9.34. The smallest absolute Gasteiger partial charge is 0.282 e. The molecule has 1 N–H and O–H groups in total. The van der Waals surface area contributed by atoms with Crippen LogP contribution in [-0.4, -0.2) is 53.0 Å². The zero-order valence-corrected chi connectivity index (χ0v) is 15.4. The van der Waals surface area contributed by atoms with E-state index in [0.717, 1.165) is 19.0 Å². The zero-order valence-electron chi connectivity index (χ0n) is 15.4. The summed E-state index contributed by atoms with van der Waals surface area (Å²) in [4.78, 5) is 33.7. The molecule has 1 saturated heterocycles. The maximum atomic E-state index is 13.2. The first-order valence-corrected chi connectivity index (χ1v) is 9.34. The van der Waals surface area contributed by atoms with Gasteiger partial charge in [0, 0.05) is 0 Å². The van der Waals surface area contributed by atoms with Crippen molar-refractivity contribution in [2.75, 3.05) is 24.6 Å². The lowest BCUT2D eigenvalue weighted by molar-refractivity contribution is -0.314. The van der Waals surface area contributed by atoms with E-state index in [-0.39, 0.29) is 23.3 Å². The monoisotopic (exact) mass is 395 g/mol. The van der Waals surface area contributed by atoms with Crippen molar-refractivity contribution in [2.45, 2.75) is 44.1 Å². The van der Waals surface area contributed by atoms with Crippen LogP contribution in [0.5, 0.6) is 5.88 Å². The average molecular weight is 395 g/mol. The molecule has 8 nitrogen and oxygen atoms in total. The first kappa shape index (κ1) is 18.8. The molecule has 152 valence electrons. The molecule has 1 atom stereocenters. The molecule has 2 heterocycles. The van der Waals surface area contributed by atoms with Gasteiger partial charge in [-0.25, -0.2) is 18.7 Å². The van der Waals surface area contributed by atoms with Crippen LogP contribution in [0.1, 0.15) is 43.1 Å². The van der Waals surface area contributed by atoms with E-state index in [4.69, 9.17) is 4.74 Å².